The van der Waals surface area contributed by atoms with Gasteiger partial charge in [-0.3, -0.25) is 4.79 Å². The minimum Gasteiger partial charge on any atom is -0.454 e. The molecular weight excluding hydrogens is 353 g/mol. The van der Waals surface area contributed by atoms with E-state index in [1.54, 1.807) is 18.2 Å². The number of rotatable bonds is 4. The molecular formula is C17H13ClFNO5. The monoisotopic (exact) mass is 365 g/mol. The Morgan fingerprint density at radius 3 is 2.72 bits per heavy atom. The number of anilines is 1. The molecule has 6 nitrogen and oxygen atoms in total. The Kier molecular flexibility index (Phi) is 4.76. The lowest BCUT2D eigenvalue weighted by atomic mass is 10.2. The van der Waals surface area contributed by atoms with E-state index in [0.717, 1.165) is 12.1 Å². The van der Waals surface area contributed by atoms with Gasteiger partial charge >= 0.3 is 5.97 Å². The van der Waals surface area contributed by atoms with Gasteiger partial charge in [-0.05, 0) is 37.3 Å². The van der Waals surface area contributed by atoms with Crippen molar-refractivity contribution in [3.8, 4) is 11.5 Å². The summed E-state index contributed by atoms with van der Waals surface area (Å²) in [7, 11) is 0. The van der Waals surface area contributed by atoms with E-state index in [-0.39, 0.29) is 17.4 Å². The molecule has 1 amide bonds. The van der Waals surface area contributed by atoms with Crippen LogP contribution in [-0.2, 0) is 9.53 Å². The minimum atomic E-state index is -1.08. The summed E-state index contributed by atoms with van der Waals surface area (Å²) in [6.45, 7) is 1.54. The van der Waals surface area contributed by atoms with Gasteiger partial charge in [0.05, 0.1) is 10.6 Å². The first-order chi connectivity index (χ1) is 11.9. The number of hydrogen-bond acceptors (Lipinski definition) is 5. The van der Waals surface area contributed by atoms with Gasteiger partial charge in [-0.25, -0.2) is 9.18 Å². The minimum absolute atomic E-state index is 0.0224. The first-order valence-corrected chi connectivity index (χ1v) is 7.68. The van der Waals surface area contributed by atoms with Crippen LogP contribution in [0, 0.1) is 5.82 Å². The van der Waals surface area contributed by atoms with Gasteiger partial charge in [0, 0.05) is 11.8 Å². The molecule has 0 saturated heterocycles. The first kappa shape index (κ1) is 17.0. The summed E-state index contributed by atoms with van der Waals surface area (Å²) in [6, 6.07) is 8.17. The highest BCUT2D eigenvalue weighted by molar-refractivity contribution is 6.33. The number of carbonyl (C=O) groups is 2. The maximum absolute atomic E-state index is 13.0. The van der Waals surface area contributed by atoms with Crippen LogP contribution in [0.4, 0.5) is 10.1 Å². The molecule has 8 heteroatoms. The third kappa shape index (κ3) is 3.83. The van der Waals surface area contributed by atoms with Gasteiger partial charge < -0.3 is 19.5 Å². The number of esters is 1. The topological polar surface area (TPSA) is 73.9 Å². The molecule has 0 fully saturated rings. The smallest absolute Gasteiger partial charge is 0.340 e. The Bertz CT molecular complexity index is 842. The fourth-order valence-electron chi connectivity index (χ4n) is 2.15. The molecule has 0 saturated carbocycles. The van der Waals surface area contributed by atoms with Crippen LogP contribution in [0.2, 0.25) is 5.02 Å². The summed E-state index contributed by atoms with van der Waals surface area (Å²) in [5.41, 5.74) is 0.447. The van der Waals surface area contributed by atoms with E-state index < -0.39 is 23.8 Å². The van der Waals surface area contributed by atoms with Crippen molar-refractivity contribution in [1.29, 1.82) is 0 Å². The maximum atomic E-state index is 13.0. The molecule has 130 valence electrons. The molecule has 2 aromatic carbocycles. The molecule has 1 heterocycles. The average molecular weight is 366 g/mol. The second kappa shape index (κ2) is 6.98. The summed E-state index contributed by atoms with van der Waals surface area (Å²) < 4.78 is 28.5. The fourth-order valence-corrected chi connectivity index (χ4v) is 2.40. The highest BCUT2D eigenvalue weighted by Crippen LogP contribution is 2.34. The summed E-state index contributed by atoms with van der Waals surface area (Å²) in [5, 5.41) is 2.52. The number of nitrogens with one attached hydrogen (secondary N) is 1. The van der Waals surface area contributed by atoms with Crippen LogP contribution in [0.15, 0.2) is 36.4 Å². The number of carbonyl (C=O) groups excluding carboxylic acids is 2. The van der Waals surface area contributed by atoms with Crippen molar-refractivity contribution in [2.75, 3.05) is 12.1 Å². The van der Waals surface area contributed by atoms with Gasteiger partial charge in [-0.15, -0.1) is 0 Å². The van der Waals surface area contributed by atoms with Gasteiger partial charge in [-0.1, -0.05) is 11.6 Å². The molecule has 1 atom stereocenters. The Morgan fingerprint density at radius 2 is 1.96 bits per heavy atom. The normalized spacial score (nSPS) is 13.2. The quantitative estimate of drug-likeness (QED) is 0.841. The van der Waals surface area contributed by atoms with Crippen molar-refractivity contribution in [2.24, 2.45) is 0 Å². The van der Waals surface area contributed by atoms with E-state index in [9.17, 15) is 14.0 Å². The van der Waals surface area contributed by atoms with Crippen LogP contribution in [0.5, 0.6) is 11.5 Å². The van der Waals surface area contributed by atoms with E-state index in [2.05, 4.69) is 5.32 Å². The SMILES string of the molecule is C[C@H](OC(=O)c1ccc(F)cc1Cl)C(=O)Nc1ccc2c(c1)OCO2. The number of ether oxygens (including phenoxy) is 3. The molecule has 0 radical (unpaired) electrons. The van der Waals surface area contributed by atoms with Crippen LogP contribution in [0.25, 0.3) is 0 Å². The van der Waals surface area contributed by atoms with Crippen molar-refractivity contribution in [3.63, 3.8) is 0 Å². The van der Waals surface area contributed by atoms with Gasteiger partial charge in [0.15, 0.2) is 17.6 Å². The lowest BCUT2D eigenvalue weighted by molar-refractivity contribution is -0.123. The van der Waals surface area contributed by atoms with Gasteiger partial charge in [0.1, 0.15) is 5.82 Å². The van der Waals surface area contributed by atoms with E-state index in [1.807, 2.05) is 0 Å². The molecule has 25 heavy (non-hydrogen) atoms. The molecule has 2 aromatic rings. The van der Waals surface area contributed by atoms with Gasteiger partial charge in [0.25, 0.3) is 5.91 Å². The van der Waals surface area contributed by atoms with Gasteiger partial charge in [-0.2, -0.15) is 0 Å². The predicted molar refractivity (Wildman–Crippen MR) is 87.5 cm³/mol. The largest absolute Gasteiger partial charge is 0.454 e. The number of halogens is 2. The molecule has 0 spiro atoms. The van der Waals surface area contributed by atoms with Crippen molar-refractivity contribution in [3.05, 3.63) is 52.8 Å². The summed E-state index contributed by atoms with van der Waals surface area (Å²) in [5.74, 6) is -0.831. The molecule has 0 unspecified atom stereocenters. The third-order valence-electron chi connectivity index (χ3n) is 3.44. The van der Waals surface area contributed by atoms with Crippen LogP contribution < -0.4 is 14.8 Å². The van der Waals surface area contributed by atoms with Crippen molar-refractivity contribution in [1.82, 2.24) is 0 Å². The van der Waals surface area contributed by atoms with Crippen LogP contribution >= 0.6 is 11.6 Å². The molecule has 1 aliphatic heterocycles. The first-order valence-electron chi connectivity index (χ1n) is 7.30. The Labute approximate surface area is 147 Å². The standard InChI is InChI=1S/C17H13ClFNO5/c1-9(25-17(22)12-4-2-10(19)6-13(12)18)16(21)20-11-3-5-14-15(7-11)24-8-23-14/h2-7,9H,8H2,1H3,(H,20,21)/t9-/m0/s1. The molecule has 0 aliphatic carbocycles. The third-order valence-corrected chi connectivity index (χ3v) is 3.76. The fraction of sp³-hybridized carbons (Fsp3) is 0.176. The average Bonchev–Trinajstić information content (AvgIpc) is 3.02. The van der Waals surface area contributed by atoms with E-state index >= 15 is 0 Å². The Balaban J connectivity index is 1.63. The second-order valence-electron chi connectivity index (χ2n) is 5.23. The summed E-state index contributed by atoms with van der Waals surface area (Å²) >= 11 is 5.80. The van der Waals surface area contributed by atoms with E-state index in [1.165, 1.54) is 13.0 Å². The van der Waals surface area contributed by atoms with Crippen molar-refractivity contribution < 1.29 is 28.2 Å². The second-order valence-corrected chi connectivity index (χ2v) is 5.64. The zero-order valence-corrected chi connectivity index (χ0v) is 13.8. The number of amides is 1. The predicted octanol–water partition coefficient (Wildman–Crippen LogP) is 3.39. The van der Waals surface area contributed by atoms with Crippen molar-refractivity contribution in [2.45, 2.75) is 13.0 Å². The Morgan fingerprint density at radius 1 is 1.20 bits per heavy atom. The lowest BCUT2D eigenvalue weighted by Crippen LogP contribution is -2.30. The van der Waals surface area contributed by atoms with Gasteiger partial charge in [0.2, 0.25) is 6.79 Å². The zero-order chi connectivity index (χ0) is 18.0. The van der Waals surface area contributed by atoms with E-state index in [0.29, 0.717) is 17.2 Å². The van der Waals surface area contributed by atoms with Crippen LogP contribution in [0.3, 0.4) is 0 Å². The summed E-state index contributed by atoms with van der Waals surface area (Å²) in [4.78, 5) is 24.2. The zero-order valence-electron chi connectivity index (χ0n) is 13.0. The number of fused-ring (bicyclic) bond motifs is 1. The highest BCUT2D eigenvalue weighted by atomic mass is 35.5. The lowest BCUT2D eigenvalue weighted by Gasteiger charge is -2.14. The molecule has 3 rings (SSSR count). The number of hydrogen-bond donors (Lipinski definition) is 1. The summed E-state index contributed by atoms with van der Waals surface area (Å²) in [6.07, 6.45) is -1.08. The molecule has 0 aromatic heterocycles. The van der Waals surface area contributed by atoms with Crippen LogP contribution in [-0.4, -0.2) is 24.8 Å². The highest BCUT2D eigenvalue weighted by Gasteiger charge is 2.22. The van der Waals surface area contributed by atoms with Crippen LogP contribution in [0.1, 0.15) is 17.3 Å². The maximum Gasteiger partial charge on any atom is 0.340 e. The van der Waals surface area contributed by atoms with E-state index in [4.69, 9.17) is 25.8 Å². The molecule has 1 N–H and O–H groups in total. The molecule has 1 aliphatic rings. The number of benzene rings is 2. The Hall–Kier alpha value is -2.80. The van der Waals surface area contributed by atoms with Crippen molar-refractivity contribution >= 4 is 29.2 Å². The molecule has 0 bridgehead atoms.